The van der Waals surface area contributed by atoms with Crippen molar-refractivity contribution in [2.24, 2.45) is 0 Å². The summed E-state index contributed by atoms with van der Waals surface area (Å²) in [4.78, 5) is 12.6. The number of nitrogens with one attached hydrogen (secondary N) is 2. The van der Waals surface area contributed by atoms with Crippen LogP contribution in [0.3, 0.4) is 0 Å². The Morgan fingerprint density at radius 1 is 1.14 bits per heavy atom. The molecule has 2 N–H and O–H groups in total. The van der Waals surface area contributed by atoms with Gasteiger partial charge in [0, 0.05) is 11.7 Å². The summed E-state index contributed by atoms with van der Waals surface area (Å²) in [7, 11) is 0. The van der Waals surface area contributed by atoms with Crippen molar-refractivity contribution in [3.8, 4) is 5.69 Å². The second-order valence-corrected chi connectivity index (χ2v) is 7.22. The van der Waals surface area contributed by atoms with Gasteiger partial charge in [-0.2, -0.15) is 0 Å². The SMILES string of the molecule is Cc1ccc(-n2cnnc2)cc1NC(=O)N[C@@H](C)c1nncn1C1CCCC1. The number of amides is 2. The average Bonchev–Trinajstić information content (AvgIpc) is 3.44. The van der Waals surface area contributed by atoms with Crippen molar-refractivity contribution in [3.05, 3.63) is 48.6 Å². The number of hydrogen-bond acceptors (Lipinski definition) is 5. The molecule has 0 spiro atoms. The van der Waals surface area contributed by atoms with Crippen molar-refractivity contribution >= 4 is 11.7 Å². The number of benzene rings is 1. The minimum absolute atomic E-state index is 0.246. The number of aryl methyl sites for hydroxylation is 1. The summed E-state index contributed by atoms with van der Waals surface area (Å²) in [5, 5.41) is 21.8. The summed E-state index contributed by atoms with van der Waals surface area (Å²) in [6.45, 7) is 3.88. The van der Waals surface area contributed by atoms with Crippen molar-refractivity contribution < 1.29 is 4.79 Å². The molecule has 3 aromatic rings. The molecule has 0 bridgehead atoms. The first kappa shape index (κ1) is 18.1. The van der Waals surface area contributed by atoms with E-state index in [0.717, 1.165) is 35.6 Å². The number of anilines is 1. The second-order valence-electron chi connectivity index (χ2n) is 7.22. The number of urea groups is 1. The van der Waals surface area contributed by atoms with E-state index in [9.17, 15) is 4.79 Å². The minimum atomic E-state index is -0.280. The third-order valence-corrected chi connectivity index (χ3v) is 5.24. The van der Waals surface area contributed by atoms with Gasteiger partial charge in [0.05, 0.1) is 11.7 Å². The Balaban J connectivity index is 1.45. The standard InChI is InChI=1S/C19H24N8O/c1-13-7-8-16(26-10-20-21-11-26)9-17(13)24-19(28)23-14(2)18-25-22-12-27(18)15-5-3-4-6-15/h7-12,14-15H,3-6H2,1-2H3,(H2,23,24,28)/t14-/m0/s1. The maximum Gasteiger partial charge on any atom is 0.319 e. The highest BCUT2D eigenvalue weighted by molar-refractivity contribution is 5.90. The maximum atomic E-state index is 12.6. The predicted molar refractivity (Wildman–Crippen MR) is 104 cm³/mol. The molecule has 0 unspecified atom stereocenters. The van der Waals surface area contributed by atoms with E-state index < -0.39 is 0 Å². The fourth-order valence-corrected chi connectivity index (χ4v) is 3.68. The molecule has 28 heavy (non-hydrogen) atoms. The smallest absolute Gasteiger partial charge is 0.319 e. The summed E-state index contributed by atoms with van der Waals surface area (Å²) in [5.41, 5.74) is 2.57. The van der Waals surface area contributed by atoms with Crippen LogP contribution in [0.15, 0.2) is 37.2 Å². The molecule has 2 aromatic heterocycles. The second kappa shape index (κ2) is 7.79. The molecule has 146 valence electrons. The first-order valence-corrected chi connectivity index (χ1v) is 9.54. The normalized spacial score (nSPS) is 15.5. The molecule has 9 heteroatoms. The fraction of sp³-hybridized carbons (Fsp3) is 0.421. The van der Waals surface area contributed by atoms with Crippen molar-refractivity contribution in [2.45, 2.75) is 51.6 Å². The van der Waals surface area contributed by atoms with Crippen molar-refractivity contribution in [2.75, 3.05) is 5.32 Å². The molecule has 1 aliphatic rings. The number of hydrogen-bond donors (Lipinski definition) is 2. The Morgan fingerprint density at radius 2 is 1.89 bits per heavy atom. The summed E-state index contributed by atoms with van der Waals surface area (Å²) in [6.07, 6.45) is 9.74. The van der Waals surface area contributed by atoms with Gasteiger partial charge >= 0.3 is 6.03 Å². The van der Waals surface area contributed by atoms with E-state index in [1.807, 2.05) is 32.0 Å². The number of rotatable bonds is 5. The van der Waals surface area contributed by atoms with Gasteiger partial charge in [-0.05, 0) is 44.4 Å². The lowest BCUT2D eigenvalue weighted by molar-refractivity contribution is 0.248. The first-order valence-electron chi connectivity index (χ1n) is 9.54. The lowest BCUT2D eigenvalue weighted by Crippen LogP contribution is -2.33. The maximum absolute atomic E-state index is 12.6. The molecular formula is C19H24N8O. The highest BCUT2D eigenvalue weighted by atomic mass is 16.2. The summed E-state index contributed by atoms with van der Waals surface area (Å²) < 4.78 is 3.89. The van der Waals surface area contributed by atoms with Gasteiger partial charge in [-0.25, -0.2) is 4.79 Å². The van der Waals surface area contributed by atoms with Crippen LogP contribution in [-0.2, 0) is 0 Å². The third kappa shape index (κ3) is 3.73. The first-order chi connectivity index (χ1) is 13.6. The molecule has 0 saturated heterocycles. The average molecular weight is 380 g/mol. The van der Waals surface area contributed by atoms with Gasteiger partial charge in [0.2, 0.25) is 0 Å². The Hall–Kier alpha value is -3.23. The zero-order valence-electron chi connectivity index (χ0n) is 16.0. The van der Waals surface area contributed by atoms with Crippen LogP contribution in [0.25, 0.3) is 5.69 Å². The van der Waals surface area contributed by atoms with Crippen molar-refractivity contribution in [1.82, 2.24) is 34.8 Å². The van der Waals surface area contributed by atoms with Crippen LogP contribution < -0.4 is 10.6 Å². The highest BCUT2D eigenvalue weighted by Crippen LogP contribution is 2.31. The Bertz CT molecular complexity index is 943. The monoisotopic (exact) mass is 380 g/mol. The van der Waals surface area contributed by atoms with E-state index in [0.29, 0.717) is 6.04 Å². The highest BCUT2D eigenvalue weighted by Gasteiger charge is 2.23. The van der Waals surface area contributed by atoms with Gasteiger partial charge in [-0.15, -0.1) is 20.4 Å². The number of carbonyl (C=O) groups is 1. The van der Waals surface area contributed by atoms with E-state index in [1.54, 1.807) is 23.5 Å². The van der Waals surface area contributed by atoms with Gasteiger partial charge in [0.25, 0.3) is 0 Å². The van der Waals surface area contributed by atoms with Crippen molar-refractivity contribution in [3.63, 3.8) is 0 Å². The summed E-state index contributed by atoms with van der Waals surface area (Å²) in [5.74, 6) is 0.789. The van der Waals surface area contributed by atoms with E-state index in [4.69, 9.17) is 0 Å². The van der Waals surface area contributed by atoms with Gasteiger partial charge in [0.15, 0.2) is 5.82 Å². The van der Waals surface area contributed by atoms with E-state index in [-0.39, 0.29) is 12.1 Å². The van der Waals surface area contributed by atoms with Gasteiger partial charge in [-0.1, -0.05) is 18.9 Å². The predicted octanol–water partition coefficient (Wildman–Crippen LogP) is 3.17. The molecule has 4 rings (SSSR count). The van der Waals surface area contributed by atoms with Gasteiger partial charge < -0.3 is 15.2 Å². The van der Waals surface area contributed by atoms with Crippen LogP contribution >= 0.6 is 0 Å². The fourth-order valence-electron chi connectivity index (χ4n) is 3.68. The topological polar surface area (TPSA) is 103 Å². The molecule has 1 fully saturated rings. The van der Waals surface area contributed by atoms with Crippen LogP contribution in [0.2, 0.25) is 0 Å². The van der Waals surface area contributed by atoms with Crippen molar-refractivity contribution in [1.29, 1.82) is 0 Å². The molecule has 1 saturated carbocycles. The Morgan fingerprint density at radius 3 is 2.64 bits per heavy atom. The van der Waals surface area contributed by atoms with Crippen LogP contribution in [-0.4, -0.2) is 35.6 Å². The van der Waals surface area contributed by atoms with Crippen LogP contribution in [0.1, 0.15) is 56.1 Å². The summed E-state index contributed by atoms with van der Waals surface area (Å²) >= 11 is 0. The number of aromatic nitrogens is 6. The van der Waals surface area contributed by atoms with E-state index in [1.165, 1.54) is 12.8 Å². The van der Waals surface area contributed by atoms with Crippen LogP contribution in [0, 0.1) is 6.92 Å². The third-order valence-electron chi connectivity index (χ3n) is 5.24. The zero-order chi connectivity index (χ0) is 19.5. The Labute approximate surface area is 163 Å². The van der Waals surface area contributed by atoms with E-state index >= 15 is 0 Å². The molecule has 0 radical (unpaired) electrons. The molecule has 2 amide bonds. The minimum Gasteiger partial charge on any atom is -0.328 e. The lowest BCUT2D eigenvalue weighted by atomic mass is 10.2. The molecule has 2 heterocycles. The van der Waals surface area contributed by atoms with Crippen LogP contribution in [0.5, 0.6) is 0 Å². The molecule has 1 atom stereocenters. The number of nitrogens with zero attached hydrogens (tertiary/aromatic N) is 6. The van der Waals surface area contributed by atoms with E-state index in [2.05, 4.69) is 35.6 Å². The number of carbonyl (C=O) groups excluding carboxylic acids is 1. The van der Waals surface area contributed by atoms with Gasteiger partial charge in [0.1, 0.15) is 19.0 Å². The molecule has 9 nitrogen and oxygen atoms in total. The molecule has 0 aliphatic heterocycles. The lowest BCUT2D eigenvalue weighted by Gasteiger charge is -2.19. The largest absolute Gasteiger partial charge is 0.328 e. The van der Waals surface area contributed by atoms with Gasteiger partial charge in [-0.3, -0.25) is 4.57 Å². The summed E-state index contributed by atoms with van der Waals surface area (Å²) in [6, 6.07) is 5.70. The quantitative estimate of drug-likeness (QED) is 0.708. The Kier molecular flexibility index (Phi) is 5.05. The van der Waals surface area contributed by atoms with Crippen LogP contribution in [0.4, 0.5) is 10.5 Å². The zero-order valence-corrected chi connectivity index (χ0v) is 16.0. The molecule has 1 aliphatic carbocycles. The molecule has 1 aromatic carbocycles. The molecular weight excluding hydrogens is 356 g/mol.